The molecule has 0 radical (unpaired) electrons. The Kier molecular flexibility index (Phi) is 4.23. The Hall–Kier alpha value is -1.69. The van der Waals surface area contributed by atoms with Crippen molar-refractivity contribution in [3.8, 4) is 0 Å². The van der Waals surface area contributed by atoms with E-state index in [0.29, 0.717) is 30.2 Å². The van der Waals surface area contributed by atoms with E-state index in [0.717, 1.165) is 0 Å². The average molecular weight is 278 g/mol. The molecule has 20 heavy (non-hydrogen) atoms. The fraction of sp³-hybridized carbons (Fsp3) is 0.643. The van der Waals surface area contributed by atoms with Gasteiger partial charge < -0.3 is 15.2 Å². The summed E-state index contributed by atoms with van der Waals surface area (Å²) in [6, 6.07) is 0.552. The fourth-order valence-corrected chi connectivity index (χ4v) is 2.75. The molecule has 0 saturated carbocycles. The number of nitrogens with one attached hydrogen (secondary N) is 2. The van der Waals surface area contributed by atoms with Crippen LogP contribution in [0.5, 0.6) is 0 Å². The van der Waals surface area contributed by atoms with E-state index in [1.54, 1.807) is 13.8 Å². The summed E-state index contributed by atoms with van der Waals surface area (Å²) in [6.45, 7) is 8.98. The lowest BCUT2D eigenvalue weighted by Crippen LogP contribution is -2.56. The zero-order chi connectivity index (χ0) is 14.9. The molecular formula is C14H22N4O2. The number of H-pyrrole nitrogens is 1. The van der Waals surface area contributed by atoms with Crippen molar-refractivity contribution < 1.29 is 4.79 Å². The van der Waals surface area contributed by atoms with Crippen LogP contribution in [0.4, 0.5) is 0 Å². The molecule has 2 rings (SSSR count). The molecule has 0 spiro atoms. The highest BCUT2D eigenvalue weighted by atomic mass is 16.2. The Bertz CT molecular complexity index is 557. The van der Waals surface area contributed by atoms with Gasteiger partial charge in [-0.1, -0.05) is 0 Å². The summed E-state index contributed by atoms with van der Waals surface area (Å²) in [5.41, 5.74) is 0.898. The third kappa shape index (κ3) is 3.25. The van der Waals surface area contributed by atoms with E-state index in [1.165, 1.54) is 0 Å². The van der Waals surface area contributed by atoms with Crippen LogP contribution in [0.3, 0.4) is 0 Å². The molecule has 0 aliphatic carbocycles. The van der Waals surface area contributed by atoms with E-state index in [-0.39, 0.29) is 30.0 Å². The minimum absolute atomic E-state index is 0.00977. The number of nitrogens with zero attached hydrogens (tertiary/aromatic N) is 2. The second-order valence-corrected chi connectivity index (χ2v) is 5.66. The van der Waals surface area contributed by atoms with Crippen molar-refractivity contribution >= 4 is 5.91 Å². The van der Waals surface area contributed by atoms with Crippen LogP contribution >= 0.6 is 0 Å². The Morgan fingerprint density at radius 3 is 2.45 bits per heavy atom. The van der Waals surface area contributed by atoms with Gasteiger partial charge in [-0.15, -0.1) is 0 Å². The maximum absolute atomic E-state index is 12.4. The van der Waals surface area contributed by atoms with Gasteiger partial charge in [0, 0.05) is 36.4 Å². The molecule has 2 atom stereocenters. The normalized spacial score (nSPS) is 22.9. The molecule has 0 aromatic carbocycles. The molecule has 2 N–H and O–H groups in total. The fourth-order valence-electron chi connectivity index (χ4n) is 2.75. The highest BCUT2D eigenvalue weighted by Crippen LogP contribution is 2.08. The largest absolute Gasteiger partial charge is 0.339 e. The standard InChI is InChI=1S/C14H22N4O2/c1-8-6-18(7-9(2)15-8)13(19)5-12-10(3)16-11(4)17-14(12)20/h8-9,15H,5-7H2,1-4H3,(H,16,17,20). The molecule has 1 amide bonds. The van der Waals surface area contributed by atoms with Crippen molar-refractivity contribution in [2.24, 2.45) is 0 Å². The number of rotatable bonds is 2. The summed E-state index contributed by atoms with van der Waals surface area (Å²) in [7, 11) is 0. The van der Waals surface area contributed by atoms with Crippen molar-refractivity contribution in [1.82, 2.24) is 20.2 Å². The van der Waals surface area contributed by atoms with Gasteiger partial charge in [0.05, 0.1) is 6.42 Å². The number of amides is 1. The first kappa shape index (κ1) is 14.7. The van der Waals surface area contributed by atoms with Crippen LogP contribution in [0.1, 0.15) is 30.9 Å². The number of hydrogen-bond acceptors (Lipinski definition) is 4. The Balaban J connectivity index is 2.14. The number of hydrogen-bond donors (Lipinski definition) is 2. The van der Waals surface area contributed by atoms with Gasteiger partial charge in [0.15, 0.2) is 0 Å². The first-order chi connectivity index (χ1) is 9.36. The van der Waals surface area contributed by atoms with Crippen molar-refractivity contribution in [2.75, 3.05) is 13.1 Å². The predicted molar refractivity (Wildman–Crippen MR) is 76.7 cm³/mol. The average Bonchev–Trinajstić information content (AvgIpc) is 2.32. The van der Waals surface area contributed by atoms with Gasteiger partial charge in [-0.25, -0.2) is 4.98 Å². The number of aromatic amines is 1. The highest BCUT2D eigenvalue weighted by molar-refractivity contribution is 5.79. The lowest BCUT2D eigenvalue weighted by molar-refractivity contribution is -0.132. The minimum Gasteiger partial charge on any atom is -0.339 e. The van der Waals surface area contributed by atoms with E-state index in [1.807, 2.05) is 4.90 Å². The highest BCUT2D eigenvalue weighted by Gasteiger charge is 2.25. The lowest BCUT2D eigenvalue weighted by Gasteiger charge is -2.36. The summed E-state index contributed by atoms with van der Waals surface area (Å²) in [5.74, 6) is 0.567. The number of aromatic nitrogens is 2. The van der Waals surface area contributed by atoms with Crippen LogP contribution in [0.2, 0.25) is 0 Å². The second-order valence-electron chi connectivity index (χ2n) is 5.66. The third-order valence-corrected chi connectivity index (χ3v) is 3.58. The molecule has 1 saturated heterocycles. The summed E-state index contributed by atoms with van der Waals surface area (Å²) < 4.78 is 0. The van der Waals surface area contributed by atoms with Crippen molar-refractivity contribution in [2.45, 2.75) is 46.2 Å². The van der Waals surface area contributed by atoms with Crippen LogP contribution in [0.15, 0.2) is 4.79 Å². The first-order valence-electron chi connectivity index (χ1n) is 6.97. The van der Waals surface area contributed by atoms with E-state index < -0.39 is 0 Å². The molecule has 1 fully saturated rings. The Labute approximate surface area is 118 Å². The van der Waals surface area contributed by atoms with E-state index >= 15 is 0 Å². The quantitative estimate of drug-likeness (QED) is 0.806. The second kappa shape index (κ2) is 5.75. The van der Waals surface area contributed by atoms with Gasteiger partial charge in [0.1, 0.15) is 5.82 Å². The molecule has 6 nitrogen and oxygen atoms in total. The van der Waals surface area contributed by atoms with Crippen molar-refractivity contribution in [3.05, 3.63) is 27.4 Å². The molecule has 0 bridgehead atoms. The SMILES string of the molecule is Cc1nc(C)c(CC(=O)N2CC(C)NC(C)C2)c(=O)[nH]1. The number of aryl methyl sites for hydroxylation is 2. The van der Waals surface area contributed by atoms with Gasteiger partial charge in [0.2, 0.25) is 5.91 Å². The van der Waals surface area contributed by atoms with Gasteiger partial charge >= 0.3 is 0 Å². The maximum Gasteiger partial charge on any atom is 0.254 e. The summed E-state index contributed by atoms with van der Waals surface area (Å²) in [5, 5.41) is 3.38. The molecule has 2 heterocycles. The smallest absolute Gasteiger partial charge is 0.254 e. The Morgan fingerprint density at radius 2 is 1.90 bits per heavy atom. The molecule has 1 aliphatic heterocycles. The Morgan fingerprint density at radius 1 is 1.30 bits per heavy atom. The van der Waals surface area contributed by atoms with Crippen LogP contribution in [0, 0.1) is 13.8 Å². The van der Waals surface area contributed by atoms with Gasteiger partial charge in [-0.2, -0.15) is 0 Å². The monoisotopic (exact) mass is 278 g/mol. The minimum atomic E-state index is -0.209. The molecule has 1 aliphatic rings. The zero-order valence-corrected chi connectivity index (χ0v) is 12.5. The number of carbonyl (C=O) groups is 1. The van der Waals surface area contributed by atoms with E-state index in [2.05, 4.69) is 29.1 Å². The molecule has 6 heteroatoms. The maximum atomic E-state index is 12.4. The summed E-state index contributed by atoms with van der Waals surface area (Å²) in [6.07, 6.45) is 0.119. The third-order valence-electron chi connectivity index (χ3n) is 3.58. The van der Waals surface area contributed by atoms with Crippen molar-refractivity contribution in [1.29, 1.82) is 0 Å². The van der Waals surface area contributed by atoms with Gasteiger partial charge in [-0.05, 0) is 27.7 Å². The number of piperazine rings is 1. The van der Waals surface area contributed by atoms with Crippen LogP contribution in [-0.4, -0.2) is 45.9 Å². The summed E-state index contributed by atoms with van der Waals surface area (Å²) >= 11 is 0. The first-order valence-corrected chi connectivity index (χ1v) is 6.97. The molecule has 2 unspecified atom stereocenters. The zero-order valence-electron chi connectivity index (χ0n) is 12.5. The van der Waals surface area contributed by atoms with Crippen molar-refractivity contribution in [3.63, 3.8) is 0 Å². The van der Waals surface area contributed by atoms with Gasteiger partial charge in [0.25, 0.3) is 5.56 Å². The summed E-state index contributed by atoms with van der Waals surface area (Å²) in [4.78, 5) is 33.0. The van der Waals surface area contributed by atoms with Crippen LogP contribution < -0.4 is 10.9 Å². The molecule has 1 aromatic heterocycles. The van der Waals surface area contributed by atoms with E-state index in [4.69, 9.17) is 0 Å². The van der Waals surface area contributed by atoms with Crippen LogP contribution in [-0.2, 0) is 11.2 Å². The van der Waals surface area contributed by atoms with Gasteiger partial charge in [-0.3, -0.25) is 9.59 Å². The molecular weight excluding hydrogens is 256 g/mol. The molecule has 1 aromatic rings. The van der Waals surface area contributed by atoms with Crippen LogP contribution in [0.25, 0.3) is 0 Å². The predicted octanol–water partition coefficient (Wildman–Crippen LogP) is 0.138. The van der Waals surface area contributed by atoms with E-state index in [9.17, 15) is 9.59 Å². The number of carbonyl (C=O) groups excluding carboxylic acids is 1. The lowest BCUT2D eigenvalue weighted by atomic mass is 10.1. The molecule has 110 valence electrons. The topological polar surface area (TPSA) is 78.1 Å².